The standard InChI is InChI=1S/C23H19BrN2O2S/c1-15-5-2-10-20(11-15)26-21(27)14-29-23(26)17-7-4-9-19(13-17)25-22(28)16-6-3-8-18(24)12-16/h2-13,23H,14H2,1H3,(H,25,28)/t23-/m0/s1. The maximum atomic E-state index is 12.6. The summed E-state index contributed by atoms with van der Waals surface area (Å²) in [5, 5.41) is 2.83. The minimum absolute atomic E-state index is 0.0918. The third kappa shape index (κ3) is 4.38. The van der Waals surface area contributed by atoms with Crippen molar-refractivity contribution in [1.82, 2.24) is 0 Å². The van der Waals surface area contributed by atoms with Crippen LogP contribution in [0.15, 0.2) is 77.3 Å². The van der Waals surface area contributed by atoms with Crippen LogP contribution in [0.4, 0.5) is 11.4 Å². The molecule has 1 fully saturated rings. The monoisotopic (exact) mass is 466 g/mol. The van der Waals surface area contributed by atoms with Crippen LogP contribution in [0.5, 0.6) is 0 Å². The lowest BCUT2D eigenvalue weighted by atomic mass is 10.1. The average Bonchev–Trinajstić information content (AvgIpc) is 3.10. The van der Waals surface area contributed by atoms with Crippen LogP contribution >= 0.6 is 27.7 Å². The number of benzene rings is 3. The van der Waals surface area contributed by atoms with E-state index in [1.165, 1.54) is 0 Å². The van der Waals surface area contributed by atoms with E-state index in [0.29, 0.717) is 17.0 Å². The highest BCUT2D eigenvalue weighted by molar-refractivity contribution is 9.10. The number of thioether (sulfide) groups is 1. The first-order valence-electron chi connectivity index (χ1n) is 9.18. The number of hydrogen-bond donors (Lipinski definition) is 1. The smallest absolute Gasteiger partial charge is 0.255 e. The molecular formula is C23H19BrN2O2S. The molecule has 146 valence electrons. The number of carbonyl (C=O) groups excluding carboxylic acids is 2. The number of nitrogens with one attached hydrogen (secondary N) is 1. The van der Waals surface area contributed by atoms with Crippen molar-refractivity contribution in [3.05, 3.63) is 94.0 Å². The molecule has 1 saturated heterocycles. The number of amides is 2. The summed E-state index contributed by atoms with van der Waals surface area (Å²) in [6, 6.07) is 22.9. The van der Waals surface area contributed by atoms with Crippen molar-refractivity contribution in [2.75, 3.05) is 16.0 Å². The summed E-state index contributed by atoms with van der Waals surface area (Å²) in [5.74, 6) is 0.357. The van der Waals surface area contributed by atoms with Crippen molar-refractivity contribution < 1.29 is 9.59 Å². The maximum Gasteiger partial charge on any atom is 0.255 e. The summed E-state index contributed by atoms with van der Waals surface area (Å²) in [7, 11) is 0. The van der Waals surface area contributed by atoms with Gasteiger partial charge in [0.1, 0.15) is 5.37 Å². The van der Waals surface area contributed by atoms with Gasteiger partial charge < -0.3 is 5.32 Å². The Labute approximate surface area is 182 Å². The highest BCUT2D eigenvalue weighted by Gasteiger charge is 2.34. The number of halogens is 1. The zero-order valence-corrected chi connectivity index (χ0v) is 18.2. The Morgan fingerprint density at radius 3 is 2.66 bits per heavy atom. The molecule has 2 amide bonds. The van der Waals surface area contributed by atoms with E-state index in [0.717, 1.165) is 21.3 Å². The van der Waals surface area contributed by atoms with Crippen molar-refractivity contribution in [2.24, 2.45) is 0 Å². The fraction of sp³-hybridized carbons (Fsp3) is 0.130. The van der Waals surface area contributed by atoms with E-state index in [2.05, 4.69) is 21.2 Å². The van der Waals surface area contributed by atoms with Gasteiger partial charge in [0.25, 0.3) is 5.91 Å². The molecule has 4 nitrogen and oxygen atoms in total. The molecule has 0 aromatic heterocycles. The van der Waals surface area contributed by atoms with Gasteiger partial charge in [0.2, 0.25) is 5.91 Å². The van der Waals surface area contributed by atoms with Crippen molar-refractivity contribution in [3.8, 4) is 0 Å². The van der Waals surface area contributed by atoms with Gasteiger partial charge in [0, 0.05) is 21.4 Å². The number of aryl methyl sites for hydroxylation is 1. The predicted molar refractivity (Wildman–Crippen MR) is 122 cm³/mol. The van der Waals surface area contributed by atoms with Gasteiger partial charge in [-0.1, -0.05) is 46.3 Å². The van der Waals surface area contributed by atoms with Crippen LogP contribution in [-0.4, -0.2) is 17.6 Å². The van der Waals surface area contributed by atoms with E-state index in [1.54, 1.807) is 23.9 Å². The summed E-state index contributed by atoms with van der Waals surface area (Å²) in [6.07, 6.45) is 0. The lowest BCUT2D eigenvalue weighted by Crippen LogP contribution is -2.27. The van der Waals surface area contributed by atoms with Gasteiger partial charge in [0.15, 0.2) is 0 Å². The summed E-state index contributed by atoms with van der Waals surface area (Å²) < 4.78 is 0.855. The second-order valence-corrected chi connectivity index (χ2v) is 8.84. The van der Waals surface area contributed by atoms with Crippen LogP contribution in [0.1, 0.15) is 26.9 Å². The van der Waals surface area contributed by atoms with Gasteiger partial charge in [-0.15, -0.1) is 11.8 Å². The molecule has 4 rings (SSSR count). The van der Waals surface area contributed by atoms with E-state index in [1.807, 2.05) is 72.5 Å². The minimum atomic E-state index is -0.172. The third-order valence-corrected chi connectivity index (χ3v) is 6.37. The Kier molecular flexibility index (Phi) is 5.74. The van der Waals surface area contributed by atoms with Crippen molar-refractivity contribution >= 4 is 50.9 Å². The summed E-state index contributed by atoms with van der Waals surface area (Å²) >= 11 is 4.99. The number of anilines is 2. The Balaban J connectivity index is 1.59. The van der Waals surface area contributed by atoms with Crippen LogP contribution < -0.4 is 10.2 Å². The molecule has 3 aromatic rings. The Bertz CT molecular complexity index is 1090. The topological polar surface area (TPSA) is 49.4 Å². The SMILES string of the molecule is Cc1cccc(N2C(=O)CS[C@H]2c2cccc(NC(=O)c3cccc(Br)c3)c2)c1. The first-order chi connectivity index (χ1) is 14.0. The Hall–Kier alpha value is -2.57. The molecule has 1 aliphatic rings. The molecule has 0 unspecified atom stereocenters. The molecule has 0 radical (unpaired) electrons. The molecule has 29 heavy (non-hydrogen) atoms. The number of carbonyl (C=O) groups is 2. The van der Waals surface area contributed by atoms with Gasteiger partial charge in [-0.2, -0.15) is 0 Å². The Morgan fingerprint density at radius 1 is 1.07 bits per heavy atom. The van der Waals surface area contributed by atoms with Gasteiger partial charge in [-0.3, -0.25) is 14.5 Å². The average molecular weight is 467 g/mol. The number of rotatable bonds is 4. The molecular weight excluding hydrogens is 448 g/mol. The summed E-state index contributed by atoms with van der Waals surface area (Å²) in [4.78, 5) is 27.0. The molecule has 6 heteroatoms. The van der Waals surface area contributed by atoms with Crippen molar-refractivity contribution in [2.45, 2.75) is 12.3 Å². The molecule has 1 aliphatic heterocycles. The van der Waals surface area contributed by atoms with Gasteiger partial charge in [-0.25, -0.2) is 0 Å². The van der Waals surface area contributed by atoms with E-state index in [-0.39, 0.29) is 17.2 Å². The molecule has 0 spiro atoms. The molecule has 1 atom stereocenters. The number of hydrogen-bond acceptors (Lipinski definition) is 3. The predicted octanol–water partition coefficient (Wildman–Crippen LogP) is 5.79. The lowest BCUT2D eigenvalue weighted by molar-refractivity contribution is -0.115. The van der Waals surface area contributed by atoms with Crippen LogP contribution in [0.25, 0.3) is 0 Å². The maximum absolute atomic E-state index is 12.6. The van der Waals surface area contributed by atoms with Crippen LogP contribution in [0.3, 0.4) is 0 Å². The first-order valence-corrected chi connectivity index (χ1v) is 11.0. The van der Waals surface area contributed by atoms with E-state index in [4.69, 9.17) is 0 Å². The highest BCUT2D eigenvalue weighted by atomic mass is 79.9. The minimum Gasteiger partial charge on any atom is -0.322 e. The molecule has 3 aromatic carbocycles. The molecule has 1 N–H and O–H groups in total. The largest absolute Gasteiger partial charge is 0.322 e. The van der Waals surface area contributed by atoms with E-state index in [9.17, 15) is 9.59 Å². The zero-order valence-electron chi connectivity index (χ0n) is 15.8. The summed E-state index contributed by atoms with van der Waals surface area (Å²) in [6.45, 7) is 2.02. The zero-order chi connectivity index (χ0) is 20.4. The third-order valence-electron chi connectivity index (χ3n) is 4.66. The van der Waals surface area contributed by atoms with Crippen molar-refractivity contribution in [3.63, 3.8) is 0 Å². The molecule has 1 heterocycles. The van der Waals surface area contributed by atoms with Crippen LogP contribution in [0, 0.1) is 6.92 Å². The number of nitrogens with zero attached hydrogens (tertiary/aromatic N) is 1. The molecule has 0 saturated carbocycles. The fourth-order valence-corrected chi connectivity index (χ4v) is 4.90. The first kappa shape index (κ1) is 19.7. The van der Waals surface area contributed by atoms with Gasteiger partial charge >= 0.3 is 0 Å². The quantitative estimate of drug-likeness (QED) is 0.529. The summed E-state index contributed by atoms with van der Waals surface area (Å²) in [5.41, 5.74) is 4.28. The molecule has 0 bridgehead atoms. The fourth-order valence-electron chi connectivity index (χ4n) is 3.33. The van der Waals surface area contributed by atoms with E-state index >= 15 is 0 Å². The van der Waals surface area contributed by atoms with Crippen molar-refractivity contribution in [1.29, 1.82) is 0 Å². The van der Waals surface area contributed by atoms with Gasteiger partial charge in [0.05, 0.1) is 5.75 Å². The molecule has 0 aliphatic carbocycles. The highest BCUT2D eigenvalue weighted by Crippen LogP contribution is 2.42. The van der Waals surface area contributed by atoms with Crippen LogP contribution in [0.2, 0.25) is 0 Å². The Morgan fingerprint density at radius 2 is 1.86 bits per heavy atom. The second kappa shape index (κ2) is 8.43. The normalized spacial score (nSPS) is 16.1. The van der Waals surface area contributed by atoms with Gasteiger partial charge in [-0.05, 0) is 60.5 Å². The van der Waals surface area contributed by atoms with E-state index < -0.39 is 0 Å². The van der Waals surface area contributed by atoms with Crippen LogP contribution in [-0.2, 0) is 4.79 Å². The second-order valence-electron chi connectivity index (χ2n) is 6.86. The lowest BCUT2D eigenvalue weighted by Gasteiger charge is -2.25.